The number of carbonyl (C=O) groups excluding carboxylic acids is 1. The lowest BCUT2D eigenvalue weighted by atomic mass is 10.2. The molecule has 0 aromatic carbocycles. The fraction of sp³-hybridized carbons (Fsp3) is 0.583. The van der Waals surface area contributed by atoms with Crippen LogP contribution < -0.4 is 16.0 Å². The molecule has 0 radical (unpaired) electrons. The van der Waals surface area contributed by atoms with Gasteiger partial charge in [0.15, 0.2) is 5.82 Å². The quantitative estimate of drug-likeness (QED) is 0.700. The molecule has 0 spiro atoms. The maximum Gasteiger partial charge on any atom is 0.407 e. The number of aromatic nitrogens is 2. The highest BCUT2D eigenvalue weighted by molar-refractivity contribution is 5.67. The molecule has 3 N–H and O–H groups in total. The summed E-state index contributed by atoms with van der Waals surface area (Å²) in [5.74, 6) is 0.698. The number of hydrogen-bond acceptors (Lipinski definition) is 6. The second-order valence-electron chi connectivity index (χ2n) is 4.89. The van der Waals surface area contributed by atoms with Crippen LogP contribution in [0.1, 0.15) is 20.8 Å². The third-order valence-corrected chi connectivity index (χ3v) is 2.07. The standard InChI is InChI=1S/C12H21N5O2/c1-12(2,3)19-11(18)16-6-5-15-10-9(13-4)7-14-8-17-10/h7-8,13H,5-6H2,1-4H3,(H,16,18)(H,14,15,17). The first-order chi connectivity index (χ1) is 8.92. The number of rotatable bonds is 5. The molecule has 7 heteroatoms. The highest BCUT2D eigenvalue weighted by Crippen LogP contribution is 2.14. The van der Waals surface area contributed by atoms with E-state index >= 15 is 0 Å². The molecule has 0 bridgehead atoms. The van der Waals surface area contributed by atoms with Crippen molar-refractivity contribution in [3.8, 4) is 0 Å². The molecule has 106 valence electrons. The van der Waals surface area contributed by atoms with Crippen LogP contribution in [0.5, 0.6) is 0 Å². The van der Waals surface area contributed by atoms with E-state index in [9.17, 15) is 4.79 Å². The van der Waals surface area contributed by atoms with Crippen molar-refractivity contribution in [2.24, 2.45) is 0 Å². The summed E-state index contributed by atoms with van der Waals surface area (Å²) in [6, 6.07) is 0. The van der Waals surface area contributed by atoms with Crippen LogP contribution in [0.3, 0.4) is 0 Å². The zero-order valence-electron chi connectivity index (χ0n) is 11.8. The van der Waals surface area contributed by atoms with E-state index in [4.69, 9.17) is 4.74 Å². The van der Waals surface area contributed by atoms with Crippen LogP contribution in [-0.2, 0) is 4.74 Å². The van der Waals surface area contributed by atoms with Crippen molar-refractivity contribution < 1.29 is 9.53 Å². The fourth-order valence-corrected chi connectivity index (χ4v) is 1.31. The van der Waals surface area contributed by atoms with Gasteiger partial charge in [-0.05, 0) is 20.8 Å². The summed E-state index contributed by atoms with van der Waals surface area (Å²) < 4.78 is 5.12. The summed E-state index contributed by atoms with van der Waals surface area (Å²) in [7, 11) is 1.79. The zero-order chi connectivity index (χ0) is 14.3. The molecule has 1 amide bonds. The number of ether oxygens (including phenoxy) is 1. The molecule has 7 nitrogen and oxygen atoms in total. The largest absolute Gasteiger partial charge is 0.444 e. The van der Waals surface area contributed by atoms with Crippen molar-refractivity contribution in [1.29, 1.82) is 0 Å². The molecule has 1 aromatic heterocycles. The van der Waals surface area contributed by atoms with Gasteiger partial charge in [-0.3, -0.25) is 0 Å². The fourth-order valence-electron chi connectivity index (χ4n) is 1.31. The van der Waals surface area contributed by atoms with Gasteiger partial charge in [0, 0.05) is 20.1 Å². The lowest BCUT2D eigenvalue weighted by Gasteiger charge is -2.19. The van der Waals surface area contributed by atoms with Crippen molar-refractivity contribution in [3.05, 3.63) is 12.5 Å². The van der Waals surface area contributed by atoms with Crippen molar-refractivity contribution in [2.75, 3.05) is 30.8 Å². The Bertz CT molecular complexity index is 417. The molecule has 19 heavy (non-hydrogen) atoms. The van der Waals surface area contributed by atoms with Crippen molar-refractivity contribution in [2.45, 2.75) is 26.4 Å². The van der Waals surface area contributed by atoms with E-state index < -0.39 is 11.7 Å². The Kier molecular flexibility index (Phi) is 5.35. The molecule has 0 aliphatic carbocycles. The van der Waals surface area contributed by atoms with Gasteiger partial charge in [-0.15, -0.1) is 0 Å². The number of amides is 1. The zero-order valence-corrected chi connectivity index (χ0v) is 11.8. The van der Waals surface area contributed by atoms with Gasteiger partial charge in [0.1, 0.15) is 11.9 Å². The van der Waals surface area contributed by atoms with Crippen LogP contribution in [0.15, 0.2) is 12.5 Å². The number of alkyl carbamates (subject to hydrolysis) is 1. The molecular weight excluding hydrogens is 246 g/mol. The summed E-state index contributed by atoms with van der Waals surface area (Å²) in [5.41, 5.74) is 0.323. The summed E-state index contributed by atoms with van der Waals surface area (Å²) in [5, 5.41) is 8.73. The van der Waals surface area contributed by atoms with E-state index in [-0.39, 0.29) is 0 Å². The minimum atomic E-state index is -0.483. The minimum absolute atomic E-state index is 0.425. The van der Waals surface area contributed by atoms with E-state index in [1.807, 2.05) is 20.8 Å². The molecular formula is C12H21N5O2. The average Bonchev–Trinajstić information content (AvgIpc) is 2.33. The van der Waals surface area contributed by atoms with Crippen LogP contribution in [-0.4, -0.2) is 41.8 Å². The number of nitrogens with zero attached hydrogens (tertiary/aromatic N) is 2. The smallest absolute Gasteiger partial charge is 0.407 e. The maximum atomic E-state index is 11.4. The Labute approximate surface area is 113 Å². The molecule has 1 rings (SSSR count). The van der Waals surface area contributed by atoms with E-state index in [0.29, 0.717) is 18.9 Å². The molecule has 0 fully saturated rings. The number of nitrogens with one attached hydrogen (secondary N) is 3. The van der Waals surface area contributed by atoms with Crippen LogP contribution >= 0.6 is 0 Å². The Hall–Kier alpha value is -2.05. The highest BCUT2D eigenvalue weighted by atomic mass is 16.6. The second kappa shape index (κ2) is 6.77. The van der Waals surface area contributed by atoms with Crippen LogP contribution in [0.25, 0.3) is 0 Å². The summed E-state index contributed by atoms with van der Waals surface area (Å²) in [6.45, 7) is 6.47. The Balaban J connectivity index is 2.29. The monoisotopic (exact) mass is 267 g/mol. The third-order valence-electron chi connectivity index (χ3n) is 2.07. The third kappa shape index (κ3) is 5.89. The van der Waals surface area contributed by atoms with Crippen molar-refractivity contribution in [3.63, 3.8) is 0 Å². The van der Waals surface area contributed by atoms with Gasteiger partial charge in [-0.25, -0.2) is 14.8 Å². The van der Waals surface area contributed by atoms with E-state index in [1.165, 1.54) is 6.33 Å². The van der Waals surface area contributed by atoms with Crippen molar-refractivity contribution in [1.82, 2.24) is 15.3 Å². The lowest BCUT2D eigenvalue weighted by Crippen LogP contribution is -2.35. The van der Waals surface area contributed by atoms with Gasteiger partial charge in [0.25, 0.3) is 0 Å². The summed E-state index contributed by atoms with van der Waals surface area (Å²) in [4.78, 5) is 19.4. The van der Waals surface area contributed by atoms with Gasteiger partial charge >= 0.3 is 6.09 Å². The summed E-state index contributed by atoms with van der Waals surface area (Å²) in [6.07, 6.45) is 2.71. The average molecular weight is 267 g/mol. The van der Waals surface area contributed by atoms with E-state index in [2.05, 4.69) is 25.9 Å². The van der Waals surface area contributed by atoms with E-state index in [1.54, 1.807) is 13.2 Å². The number of hydrogen-bond donors (Lipinski definition) is 3. The topological polar surface area (TPSA) is 88.2 Å². The Morgan fingerprint density at radius 2 is 2.11 bits per heavy atom. The molecule has 0 unspecified atom stereocenters. The number of anilines is 2. The van der Waals surface area contributed by atoms with Gasteiger partial charge in [-0.2, -0.15) is 0 Å². The molecule has 0 saturated heterocycles. The summed E-state index contributed by atoms with van der Waals surface area (Å²) >= 11 is 0. The highest BCUT2D eigenvalue weighted by Gasteiger charge is 2.15. The van der Waals surface area contributed by atoms with Gasteiger partial charge in [0.2, 0.25) is 0 Å². The predicted molar refractivity (Wildman–Crippen MR) is 74.3 cm³/mol. The molecule has 0 saturated carbocycles. The van der Waals surface area contributed by atoms with Crippen LogP contribution in [0.2, 0.25) is 0 Å². The first kappa shape index (κ1) is 15.0. The Morgan fingerprint density at radius 3 is 2.74 bits per heavy atom. The maximum absolute atomic E-state index is 11.4. The lowest BCUT2D eigenvalue weighted by molar-refractivity contribution is 0.0530. The predicted octanol–water partition coefficient (Wildman–Crippen LogP) is 1.45. The second-order valence-corrected chi connectivity index (χ2v) is 4.89. The first-order valence-electron chi connectivity index (χ1n) is 6.11. The molecule has 0 aliphatic rings. The van der Waals surface area contributed by atoms with Crippen molar-refractivity contribution >= 4 is 17.6 Å². The van der Waals surface area contributed by atoms with Crippen LogP contribution in [0.4, 0.5) is 16.3 Å². The van der Waals surface area contributed by atoms with Gasteiger partial charge in [-0.1, -0.05) is 0 Å². The SMILES string of the molecule is CNc1cncnc1NCCNC(=O)OC(C)(C)C. The minimum Gasteiger partial charge on any atom is -0.444 e. The van der Waals surface area contributed by atoms with Gasteiger partial charge < -0.3 is 20.7 Å². The molecule has 0 aliphatic heterocycles. The Morgan fingerprint density at radius 1 is 1.37 bits per heavy atom. The molecule has 0 atom stereocenters. The van der Waals surface area contributed by atoms with E-state index in [0.717, 1.165) is 5.69 Å². The molecule has 1 aromatic rings. The first-order valence-corrected chi connectivity index (χ1v) is 6.11. The normalized spacial score (nSPS) is 10.7. The van der Waals surface area contributed by atoms with Gasteiger partial charge in [0.05, 0.1) is 11.9 Å². The number of carbonyl (C=O) groups is 1. The molecule has 1 heterocycles. The van der Waals surface area contributed by atoms with Crippen LogP contribution in [0, 0.1) is 0 Å².